The molecule has 0 aromatic carbocycles. The van der Waals surface area contributed by atoms with Crippen LogP contribution in [0.1, 0.15) is 79.1 Å². The summed E-state index contributed by atoms with van der Waals surface area (Å²) in [7, 11) is 0. The zero-order chi connectivity index (χ0) is 14.6. The molecule has 0 radical (unpaired) electrons. The van der Waals surface area contributed by atoms with Crippen LogP contribution in [0, 0.1) is 11.3 Å². The van der Waals surface area contributed by atoms with Gasteiger partial charge in [-0.15, -0.1) is 0 Å². The molecular formula is C18H35NO. The highest BCUT2D eigenvalue weighted by atomic mass is 16.5. The maximum atomic E-state index is 6.39. The van der Waals surface area contributed by atoms with Crippen molar-refractivity contribution in [2.75, 3.05) is 13.2 Å². The summed E-state index contributed by atoms with van der Waals surface area (Å²) in [4.78, 5) is 0. The normalized spacial score (nSPS) is 31.5. The SMILES string of the molecule is CCCCOC1(CNC2CC2)CCC(C(C)(C)C)CC1. The molecule has 0 amide bonds. The minimum Gasteiger partial charge on any atom is -0.374 e. The van der Waals surface area contributed by atoms with E-state index in [1.165, 1.54) is 51.4 Å². The second-order valence-electron chi connectivity index (χ2n) is 8.18. The molecule has 0 atom stereocenters. The Hall–Kier alpha value is -0.0800. The summed E-state index contributed by atoms with van der Waals surface area (Å²) >= 11 is 0. The number of hydrogen-bond donors (Lipinski definition) is 1. The lowest BCUT2D eigenvalue weighted by molar-refractivity contribution is -0.0854. The van der Waals surface area contributed by atoms with Crippen LogP contribution in [0.25, 0.3) is 0 Å². The first kappa shape index (κ1) is 16.3. The topological polar surface area (TPSA) is 21.3 Å². The number of rotatable bonds is 7. The van der Waals surface area contributed by atoms with Crippen LogP contribution in [0.3, 0.4) is 0 Å². The van der Waals surface area contributed by atoms with Gasteiger partial charge >= 0.3 is 0 Å². The fraction of sp³-hybridized carbons (Fsp3) is 1.00. The zero-order valence-corrected chi connectivity index (χ0v) is 14.1. The molecule has 0 saturated heterocycles. The average Bonchev–Trinajstić information content (AvgIpc) is 3.20. The van der Waals surface area contributed by atoms with Gasteiger partial charge in [0.15, 0.2) is 0 Å². The maximum absolute atomic E-state index is 6.39. The molecule has 0 unspecified atom stereocenters. The first-order valence-electron chi connectivity index (χ1n) is 8.82. The minimum atomic E-state index is 0.138. The van der Waals surface area contributed by atoms with E-state index in [1.807, 2.05) is 0 Å². The molecule has 118 valence electrons. The van der Waals surface area contributed by atoms with Crippen LogP contribution >= 0.6 is 0 Å². The highest BCUT2D eigenvalue weighted by molar-refractivity contribution is 4.94. The van der Waals surface area contributed by atoms with E-state index in [2.05, 4.69) is 33.0 Å². The standard InChI is InChI=1S/C18H35NO/c1-5-6-13-20-18(14-19-16-7-8-16)11-9-15(10-12-18)17(2,3)4/h15-16,19H,5-14H2,1-4H3. The Morgan fingerprint density at radius 3 is 2.25 bits per heavy atom. The zero-order valence-electron chi connectivity index (χ0n) is 14.1. The van der Waals surface area contributed by atoms with Gasteiger partial charge in [-0.2, -0.15) is 0 Å². The van der Waals surface area contributed by atoms with E-state index in [0.29, 0.717) is 5.41 Å². The Bertz CT molecular complexity index is 282. The Morgan fingerprint density at radius 2 is 1.75 bits per heavy atom. The molecule has 0 heterocycles. The highest BCUT2D eigenvalue weighted by Crippen LogP contribution is 2.43. The van der Waals surface area contributed by atoms with E-state index in [9.17, 15) is 0 Å². The molecule has 2 rings (SSSR count). The lowest BCUT2D eigenvalue weighted by atomic mass is 9.68. The van der Waals surface area contributed by atoms with Crippen LogP contribution in [0.5, 0.6) is 0 Å². The lowest BCUT2D eigenvalue weighted by Crippen LogP contribution is -2.48. The molecule has 20 heavy (non-hydrogen) atoms. The first-order valence-corrected chi connectivity index (χ1v) is 8.82. The van der Waals surface area contributed by atoms with Gasteiger partial charge in [0.25, 0.3) is 0 Å². The fourth-order valence-electron chi connectivity index (χ4n) is 3.43. The molecule has 2 fully saturated rings. The Labute approximate surface area is 126 Å². The number of hydrogen-bond acceptors (Lipinski definition) is 2. The first-order chi connectivity index (χ1) is 9.45. The maximum Gasteiger partial charge on any atom is 0.0806 e. The van der Waals surface area contributed by atoms with E-state index < -0.39 is 0 Å². The molecule has 2 saturated carbocycles. The second kappa shape index (κ2) is 6.79. The minimum absolute atomic E-state index is 0.138. The summed E-state index contributed by atoms with van der Waals surface area (Å²) in [6, 6.07) is 0.794. The largest absolute Gasteiger partial charge is 0.374 e. The van der Waals surface area contributed by atoms with Crippen LogP contribution in [0.4, 0.5) is 0 Å². The van der Waals surface area contributed by atoms with E-state index >= 15 is 0 Å². The van der Waals surface area contributed by atoms with Gasteiger partial charge in [-0.3, -0.25) is 0 Å². The molecule has 2 heteroatoms. The van der Waals surface area contributed by atoms with Gasteiger partial charge in [-0.05, 0) is 56.3 Å². The predicted molar refractivity (Wildman–Crippen MR) is 86.0 cm³/mol. The summed E-state index contributed by atoms with van der Waals surface area (Å²) in [6.07, 6.45) is 10.3. The van der Waals surface area contributed by atoms with E-state index in [-0.39, 0.29) is 5.60 Å². The van der Waals surface area contributed by atoms with Crippen molar-refractivity contribution < 1.29 is 4.74 Å². The summed E-state index contributed by atoms with van der Waals surface area (Å²) < 4.78 is 6.39. The van der Waals surface area contributed by atoms with Crippen molar-refractivity contribution in [3.63, 3.8) is 0 Å². The van der Waals surface area contributed by atoms with Crippen molar-refractivity contribution in [2.45, 2.75) is 90.7 Å². The van der Waals surface area contributed by atoms with Crippen molar-refractivity contribution >= 4 is 0 Å². The summed E-state index contributed by atoms with van der Waals surface area (Å²) in [6.45, 7) is 11.5. The Morgan fingerprint density at radius 1 is 1.10 bits per heavy atom. The predicted octanol–water partition coefficient (Wildman–Crippen LogP) is 4.53. The summed E-state index contributed by atoms with van der Waals surface area (Å²) in [5, 5.41) is 3.72. The molecule has 2 aliphatic carbocycles. The molecule has 2 nitrogen and oxygen atoms in total. The van der Waals surface area contributed by atoms with Crippen LogP contribution in [-0.4, -0.2) is 24.8 Å². The van der Waals surface area contributed by atoms with Crippen molar-refractivity contribution in [2.24, 2.45) is 11.3 Å². The van der Waals surface area contributed by atoms with Gasteiger partial charge in [-0.1, -0.05) is 34.1 Å². The lowest BCUT2D eigenvalue weighted by Gasteiger charge is -2.44. The van der Waals surface area contributed by atoms with Gasteiger partial charge in [0.2, 0.25) is 0 Å². The van der Waals surface area contributed by atoms with Gasteiger partial charge in [0.1, 0.15) is 0 Å². The number of ether oxygens (including phenoxy) is 1. The second-order valence-corrected chi connectivity index (χ2v) is 8.18. The van der Waals surface area contributed by atoms with Crippen LogP contribution < -0.4 is 5.32 Å². The molecule has 0 aromatic rings. The Kier molecular flexibility index (Phi) is 5.53. The third-order valence-corrected chi connectivity index (χ3v) is 5.32. The number of unbranched alkanes of at least 4 members (excludes halogenated alkanes) is 1. The van der Waals surface area contributed by atoms with Crippen LogP contribution in [0.2, 0.25) is 0 Å². The van der Waals surface area contributed by atoms with Crippen molar-refractivity contribution in [3.05, 3.63) is 0 Å². The van der Waals surface area contributed by atoms with Gasteiger partial charge in [-0.25, -0.2) is 0 Å². The van der Waals surface area contributed by atoms with E-state index in [1.54, 1.807) is 0 Å². The fourth-order valence-corrected chi connectivity index (χ4v) is 3.43. The highest BCUT2D eigenvalue weighted by Gasteiger charge is 2.40. The van der Waals surface area contributed by atoms with Crippen LogP contribution in [-0.2, 0) is 4.74 Å². The van der Waals surface area contributed by atoms with Gasteiger partial charge < -0.3 is 10.1 Å². The van der Waals surface area contributed by atoms with Gasteiger partial charge in [0.05, 0.1) is 5.60 Å². The molecule has 0 bridgehead atoms. The molecule has 0 spiro atoms. The molecule has 0 aliphatic heterocycles. The molecule has 2 aliphatic rings. The van der Waals surface area contributed by atoms with Crippen molar-refractivity contribution in [3.8, 4) is 0 Å². The molecular weight excluding hydrogens is 246 g/mol. The van der Waals surface area contributed by atoms with Gasteiger partial charge in [0, 0.05) is 19.2 Å². The van der Waals surface area contributed by atoms with Crippen molar-refractivity contribution in [1.82, 2.24) is 5.32 Å². The monoisotopic (exact) mass is 281 g/mol. The number of nitrogens with one attached hydrogen (secondary N) is 1. The molecule has 0 aromatic heterocycles. The summed E-state index contributed by atoms with van der Waals surface area (Å²) in [5.74, 6) is 0.867. The van der Waals surface area contributed by atoms with Crippen LogP contribution in [0.15, 0.2) is 0 Å². The van der Waals surface area contributed by atoms with E-state index in [0.717, 1.165) is 25.1 Å². The average molecular weight is 281 g/mol. The molecule has 1 N–H and O–H groups in total. The van der Waals surface area contributed by atoms with Crippen molar-refractivity contribution in [1.29, 1.82) is 0 Å². The van der Waals surface area contributed by atoms with E-state index in [4.69, 9.17) is 4.74 Å². The summed E-state index contributed by atoms with van der Waals surface area (Å²) in [5.41, 5.74) is 0.596. The quantitative estimate of drug-likeness (QED) is 0.692. The third-order valence-electron chi connectivity index (χ3n) is 5.32. The Balaban J connectivity index is 1.86. The third kappa shape index (κ3) is 4.73. The smallest absolute Gasteiger partial charge is 0.0806 e.